The van der Waals surface area contributed by atoms with Crippen molar-refractivity contribution in [1.29, 1.82) is 0 Å². The van der Waals surface area contributed by atoms with E-state index in [4.69, 9.17) is 20.8 Å². The lowest BCUT2D eigenvalue weighted by molar-refractivity contribution is 0.0934. The highest BCUT2D eigenvalue weighted by molar-refractivity contribution is 6.30. The Kier molecular flexibility index (Phi) is 6.97. The third-order valence-electron chi connectivity index (χ3n) is 5.64. The summed E-state index contributed by atoms with van der Waals surface area (Å²) in [5.41, 5.74) is 2.34. The van der Waals surface area contributed by atoms with Gasteiger partial charge in [-0.1, -0.05) is 41.9 Å². The van der Waals surface area contributed by atoms with Gasteiger partial charge in [0.15, 0.2) is 5.69 Å². The molecular weight excluding hydrogens is 428 g/mol. The second-order valence-electron chi connectivity index (χ2n) is 7.81. The number of piperazine rings is 1. The molecular formula is C24H27ClN4O3. The van der Waals surface area contributed by atoms with E-state index < -0.39 is 0 Å². The van der Waals surface area contributed by atoms with Crippen LogP contribution in [0.4, 0.5) is 5.69 Å². The number of nitrogens with one attached hydrogen (secondary N) is 1. The molecule has 7 nitrogen and oxygen atoms in total. The average Bonchev–Trinajstić information content (AvgIpc) is 3.29. The molecule has 0 bridgehead atoms. The van der Waals surface area contributed by atoms with Crippen LogP contribution in [0.15, 0.2) is 59.2 Å². The number of ether oxygens (including phenoxy) is 1. The highest BCUT2D eigenvalue weighted by Crippen LogP contribution is 2.32. The largest absolute Gasteiger partial charge is 0.495 e. The second-order valence-corrected chi connectivity index (χ2v) is 8.25. The molecule has 0 saturated carbocycles. The quantitative estimate of drug-likeness (QED) is 0.578. The van der Waals surface area contributed by atoms with E-state index >= 15 is 0 Å². The van der Waals surface area contributed by atoms with Crippen LogP contribution in [0, 0.1) is 0 Å². The van der Waals surface area contributed by atoms with E-state index in [1.807, 2.05) is 55.5 Å². The molecule has 1 atom stereocenters. The van der Waals surface area contributed by atoms with Gasteiger partial charge in [0.1, 0.15) is 12.0 Å². The van der Waals surface area contributed by atoms with E-state index in [1.54, 1.807) is 7.11 Å². The normalized spacial score (nSPS) is 15.4. The van der Waals surface area contributed by atoms with E-state index in [2.05, 4.69) is 20.1 Å². The number of carbonyl (C=O) groups excluding carboxylic acids is 1. The van der Waals surface area contributed by atoms with Crippen molar-refractivity contribution in [1.82, 2.24) is 15.2 Å². The number of nitrogens with zero attached hydrogens (tertiary/aromatic N) is 3. The molecule has 2 aromatic carbocycles. The van der Waals surface area contributed by atoms with E-state index in [9.17, 15) is 4.79 Å². The summed E-state index contributed by atoms with van der Waals surface area (Å²) in [4.78, 5) is 21.5. The Morgan fingerprint density at radius 2 is 1.94 bits per heavy atom. The summed E-state index contributed by atoms with van der Waals surface area (Å²) in [6.45, 7) is 5.85. The first-order chi connectivity index (χ1) is 15.5. The maximum Gasteiger partial charge on any atom is 0.273 e. The predicted octanol–water partition coefficient (Wildman–Crippen LogP) is 4.15. The van der Waals surface area contributed by atoms with Crippen LogP contribution in [0.2, 0.25) is 5.02 Å². The monoisotopic (exact) mass is 454 g/mol. The molecule has 3 aromatic rings. The smallest absolute Gasteiger partial charge is 0.273 e. The lowest BCUT2D eigenvalue weighted by atomic mass is 10.1. The van der Waals surface area contributed by atoms with Gasteiger partial charge in [0.2, 0.25) is 5.89 Å². The van der Waals surface area contributed by atoms with Crippen molar-refractivity contribution in [2.75, 3.05) is 38.2 Å². The van der Waals surface area contributed by atoms with Crippen LogP contribution >= 0.6 is 11.6 Å². The zero-order valence-electron chi connectivity index (χ0n) is 18.3. The summed E-state index contributed by atoms with van der Waals surface area (Å²) in [5, 5.41) is 3.65. The van der Waals surface area contributed by atoms with E-state index in [-0.39, 0.29) is 11.9 Å². The zero-order valence-corrected chi connectivity index (χ0v) is 19.0. The van der Waals surface area contributed by atoms with Gasteiger partial charge < -0.3 is 19.4 Å². The lowest BCUT2D eigenvalue weighted by Crippen LogP contribution is -2.46. The minimum Gasteiger partial charge on any atom is -0.495 e. The molecule has 1 N–H and O–H groups in total. The fourth-order valence-electron chi connectivity index (χ4n) is 3.83. The van der Waals surface area contributed by atoms with Crippen LogP contribution in [-0.2, 0) is 6.54 Å². The van der Waals surface area contributed by atoms with Gasteiger partial charge in [-0.3, -0.25) is 9.69 Å². The van der Waals surface area contributed by atoms with Gasteiger partial charge in [-0.2, -0.15) is 0 Å². The molecule has 1 amide bonds. The van der Waals surface area contributed by atoms with Gasteiger partial charge in [0.05, 0.1) is 25.4 Å². The molecule has 8 heteroatoms. The molecule has 0 spiro atoms. The Morgan fingerprint density at radius 1 is 1.19 bits per heavy atom. The number of rotatable bonds is 7. The van der Waals surface area contributed by atoms with Crippen LogP contribution in [0.3, 0.4) is 0 Å². The zero-order chi connectivity index (χ0) is 22.5. The van der Waals surface area contributed by atoms with Gasteiger partial charge in [-0.25, -0.2) is 4.98 Å². The maximum absolute atomic E-state index is 12.5. The topological polar surface area (TPSA) is 70.8 Å². The van der Waals surface area contributed by atoms with Crippen LogP contribution in [-0.4, -0.2) is 49.1 Å². The first-order valence-corrected chi connectivity index (χ1v) is 11.0. The molecule has 4 rings (SSSR count). The molecule has 1 unspecified atom stereocenters. The fraction of sp³-hybridized carbons (Fsp3) is 0.333. The molecule has 1 aliphatic rings. The van der Waals surface area contributed by atoms with Gasteiger partial charge in [0.25, 0.3) is 5.91 Å². The van der Waals surface area contributed by atoms with Crippen molar-refractivity contribution in [3.05, 3.63) is 77.0 Å². The van der Waals surface area contributed by atoms with Crippen molar-refractivity contribution in [3.63, 3.8) is 0 Å². The van der Waals surface area contributed by atoms with Gasteiger partial charge in [-0.05, 0) is 30.7 Å². The number of hydrogen-bond donors (Lipinski definition) is 1. The van der Waals surface area contributed by atoms with Crippen molar-refractivity contribution < 1.29 is 13.9 Å². The molecule has 0 aliphatic carbocycles. The van der Waals surface area contributed by atoms with Crippen molar-refractivity contribution in [2.24, 2.45) is 0 Å². The Balaban J connectivity index is 1.31. The number of halogens is 1. The summed E-state index contributed by atoms with van der Waals surface area (Å²) >= 11 is 6.18. The number of anilines is 1. The summed E-state index contributed by atoms with van der Waals surface area (Å²) in [6, 6.07) is 15.4. The van der Waals surface area contributed by atoms with Crippen LogP contribution in [0.1, 0.15) is 34.9 Å². The molecule has 1 aromatic heterocycles. The third-order valence-corrected chi connectivity index (χ3v) is 5.88. The maximum atomic E-state index is 12.5. The standard InChI is InChI=1S/C24H27ClN4O3/c1-17(18-6-4-3-5-7-18)26-24(30)20-16-32-23(27-20)15-28-10-12-29(13-11-28)21-14-19(25)8-9-22(21)31-2/h3-9,14,16-17H,10-13,15H2,1-2H3,(H,26,30). The molecule has 1 saturated heterocycles. The van der Waals surface area contributed by atoms with Crippen LogP contribution in [0.25, 0.3) is 0 Å². The Morgan fingerprint density at radius 3 is 2.66 bits per heavy atom. The van der Waals surface area contributed by atoms with Crippen molar-refractivity contribution in [2.45, 2.75) is 19.5 Å². The van der Waals surface area contributed by atoms with E-state index in [1.165, 1.54) is 6.26 Å². The van der Waals surface area contributed by atoms with Crippen LogP contribution in [0.5, 0.6) is 5.75 Å². The average molecular weight is 455 g/mol. The van der Waals surface area contributed by atoms with Crippen molar-refractivity contribution in [3.8, 4) is 5.75 Å². The first kappa shape index (κ1) is 22.2. The van der Waals surface area contributed by atoms with Gasteiger partial charge in [0, 0.05) is 31.2 Å². The molecule has 168 valence electrons. The second kappa shape index (κ2) is 10.1. The number of methoxy groups -OCH3 is 1. The highest BCUT2D eigenvalue weighted by atomic mass is 35.5. The minimum absolute atomic E-state index is 0.111. The molecule has 0 radical (unpaired) electrons. The predicted molar refractivity (Wildman–Crippen MR) is 124 cm³/mol. The molecule has 1 fully saturated rings. The van der Waals surface area contributed by atoms with E-state index in [0.29, 0.717) is 23.2 Å². The molecule has 1 aliphatic heterocycles. The number of hydrogen-bond acceptors (Lipinski definition) is 6. The number of carbonyl (C=O) groups is 1. The number of amides is 1. The molecule has 2 heterocycles. The third kappa shape index (κ3) is 5.23. The number of benzene rings is 2. The summed E-state index contributed by atoms with van der Waals surface area (Å²) < 4.78 is 11.1. The fourth-order valence-corrected chi connectivity index (χ4v) is 4.00. The van der Waals surface area contributed by atoms with Gasteiger partial charge in [-0.15, -0.1) is 0 Å². The number of oxazole rings is 1. The first-order valence-electron chi connectivity index (χ1n) is 10.6. The SMILES string of the molecule is COc1ccc(Cl)cc1N1CCN(Cc2nc(C(=O)NC(C)c3ccccc3)co2)CC1. The Labute approximate surface area is 192 Å². The Bertz CT molecular complexity index is 1050. The van der Waals surface area contributed by atoms with Crippen molar-refractivity contribution >= 4 is 23.2 Å². The van der Waals surface area contributed by atoms with Gasteiger partial charge >= 0.3 is 0 Å². The summed E-state index contributed by atoms with van der Waals surface area (Å²) in [5.74, 6) is 1.11. The summed E-state index contributed by atoms with van der Waals surface area (Å²) in [6.07, 6.45) is 1.43. The van der Waals surface area contributed by atoms with E-state index in [0.717, 1.165) is 43.2 Å². The number of aromatic nitrogens is 1. The minimum atomic E-state index is -0.241. The summed E-state index contributed by atoms with van der Waals surface area (Å²) in [7, 11) is 1.67. The highest BCUT2D eigenvalue weighted by Gasteiger charge is 2.22. The Hall–Kier alpha value is -3.03. The van der Waals surface area contributed by atoms with Crippen LogP contribution < -0.4 is 15.0 Å². The molecule has 32 heavy (non-hydrogen) atoms. The lowest BCUT2D eigenvalue weighted by Gasteiger charge is -2.36.